The number of nitro benzene ring substituents is 2. The maximum Gasteiger partial charge on any atom is 0.319 e. The average Bonchev–Trinajstić information content (AvgIpc) is 2.35. The van der Waals surface area contributed by atoms with Crippen LogP contribution in [0.15, 0.2) is 21.9 Å². The second-order valence-corrected chi connectivity index (χ2v) is 6.47. The Morgan fingerprint density at radius 3 is 1.95 bits per heavy atom. The van der Waals surface area contributed by atoms with Crippen LogP contribution in [0.3, 0.4) is 0 Å². The van der Waals surface area contributed by atoms with Crippen LogP contribution in [0.1, 0.15) is 0 Å². The van der Waals surface area contributed by atoms with Gasteiger partial charge in [0.2, 0.25) is 14.7 Å². The van der Waals surface area contributed by atoms with Crippen LogP contribution in [0.4, 0.5) is 11.4 Å². The van der Waals surface area contributed by atoms with Crippen LogP contribution in [0.25, 0.3) is 0 Å². The predicted molar refractivity (Wildman–Crippen MR) is 71.2 cm³/mol. The van der Waals surface area contributed by atoms with E-state index in [9.17, 15) is 33.4 Å². The third-order valence-electron chi connectivity index (χ3n) is 2.28. The molecule has 0 fully saturated rings. The molecular weight excluding hydrogens is 328 g/mol. The number of carboxylic acids is 1. The van der Waals surface area contributed by atoms with E-state index in [0.717, 1.165) is 23.9 Å². The molecule has 1 aromatic rings. The minimum absolute atomic E-state index is 0.114. The fraction of sp³-hybridized carbons (Fsp3) is 0.222. The monoisotopic (exact) mass is 336 g/mol. The van der Waals surface area contributed by atoms with Crippen molar-refractivity contribution >= 4 is 38.9 Å². The van der Waals surface area contributed by atoms with E-state index in [2.05, 4.69) is 0 Å². The highest BCUT2D eigenvalue weighted by molar-refractivity contribution is 7.98. The third-order valence-corrected chi connectivity index (χ3v) is 4.65. The van der Waals surface area contributed by atoms with Gasteiger partial charge in [-0.2, -0.15) is 0 Å². The lowest BCUT2D eigenvalue weighted by Gasteiger charge is -2.06. The van der Waals surface area contributed by atoms with E-state index in [-0.39, 0.29) is 4.90 Å². The number of rotatable bonds is 6. The zero-order valence-electron chi connectivity index (χ0n) is 10.4. The molecule has 0 aliphatic heterocycles. The van der Waals surface area contributed by atoms with Gasteiger partial charge in [-0.3, -0.25) is 25.0 Å². The summed E-state index contributed by atoms with van der Waals surface area (Å²) in [5, 5.41) is 30.5. The molecule has 1 N–H and O–H groups in total. The Balaban J connectivity index is 3.80. The zero-order chi connectivity index (χ0) is 16.4. The van der Waals surface area contributed by atoms with E-state index < -0.39 is 47.7 Å². The van der Waals surface area contributed by atoms with Gasteiger partial charge in [0, 0.05) is 17.0 Å². The van der Waals surface area contributed by atoms with Crippen LogP contribution in [0, 0.1) is 20.2 Å². The van der Waals surface area contributed by atoms with Crippen molar-refractivity contribution in [2.45, 2.75) is 9.79 Å². The number of thioether (sulfide) groups is 1. The van der Waals surface area contributed by atoms with Crippen LogP contribution in [-0.4, -0.2) is 41.3 Å². The number of carbonyl (C=O) groups is 1. The van der Waals surface area contributed by atoms with Gasteiger partial charge < -0.3 is 5.11 Å². The van der Waals surface area contributed by atoms with Gasteiger partial charge in [-0.25, -0.2) is 8.42 Å². The summed E-state index contributed by atoms with van der Waals surface area (Å²) in [4.78, 5) is 29.2. The zero-order valence-corrected chi connectivity index (χ0v) is 12.0. The summed E-state index contributed by atoms with van der Waals surface area (Å²) >= 11 is 0.945. The minimum Gasteiger partial charge on any atom is -0.480 e. The normalized spacial score (nSPS) is 11.1. The molecule has 0 aliphatic carbocycles. The summed E-state index contributed by atoms with van der Waals surface area (Å²) in [7, 11) is -4.73. The largest absolute Gasteiger partial charge is 0.480 e. The van der Waals surface area contributed by atoms with Crippen molar-refractivity contribution in [3.05, 3.63) is 32.4 Å². The first-order chi connectivity index (χ1) is 9.60. The highest BCUT2D eigenvalue weighted by atomic mass is 32.2. The van der Waals surface area contributed by atoms with Crippen LogP contribution in [0.2, 0.25) is 0 Å². The summed E-state index contributed by atoms with van der Waals surface area (Å²) in [6, 6.07) is 1.71. The molecular formula is C9H8N2O8S2. The molecule has 0 saturated carbocycles. The van der Waals surface area contributed by atoms with Crippen molar-refractivity contribution < 1.29 is 28.2 Å². The average molecular weight is 336 g/mol. The number of nitro groups is 2. The quantitative estimate of drug-likeness (QED) is 0.455. The SMILES string of the molecule is CSc1cc([N+](=O)[O-])c(S(=O)(=O)CC(=O)O)c([N+](=O)[O-])c1. The number of sulfone groups is 1. The summed E-state index contributed by atoms with van der Waals surface area (Å²) in [6.45, 7) is 0. The van der Waals surface area contributed by atoms with Gasteiger partial charge in [-0.05, 0) is 6.26 Å². The number of aliphatic carboxylic acids is 1. The molecule has 0 amide bonds. The molecule has 0 aliphatic rings. The fourth-order valence-electron chi connectivity index (χ4n) is 1.52. The smallest absolute Gasteiger partial charge is 0.319 e. The Labute approximate surface area is 122 Å². The first-order valence-corrected chi connectivity index (χ1v) is 7.93. The second-order valence-electron chi connectivity index (χ2n) is 3.66. The lowest BCUT2D eigenvalue weighted by atomic mass is 10.3. The van der Waals surface area contributed by atoms with Crippen molar-refractivity contribution in [3.8, 4) is 0 Å². The van der Waals surface area contributed by atoms with Crippen molar-refractivity contribution in [1.82, 2.24) is 0 Å². The van der Waals surface area contributed by atoms with E-state index >= 15 is 0 Å². The van der Waals surface area contributed by atoms with Gasteiger partial charge in [-0.15, -0.1) is 11.8 Å². The molecule has 21 heavy (non-hydrogen) atoms. The molecule has 0 aromatic heterocycles. The molecule has 0 spiro atoms. The maximum absolute atomic E-state index is 11.9. The fourth-order valence-corrected chi connectivity index (χ4v) is 3.35. The number of hydrogen-bond donors (Lipinski definition) is 1. The number of hydrogen-bond acceptors (Lipinski definition) is 8. The Hall–Kier alpha value is -2.21. The van der Waals surface area contributed by atoms with Gasteiger partial charge in [0.05, 0.1) is 9.85 Å². The van der Waals surface area contributed by atoms with E-state index in [4.69, 9.17) is 5.11 Å². The number of nitrogens with zero attached hydrogens (tertiary/aromatic N) is 2. The molecule has 0 heterocycles. The highest BCUT2D eigenvalue weighted by Crippen LogP contribution is 2.37. The van der Waals surface area contributed by atoms with Crippen molar-refractivity contribution in [1.29, 1.82) is 0 Å². The molecule has 1 aromatic carbocycles. The molecule has 1 rings (SSSR count). The molecule has 0 atom stereocenters. The van der Waals surface area contributed by atoms with Gasteiger partial charge in [-0.1, -0.05) is 0 Å². The number of carboxylic acid groups (broad SMARTS) is 1. The van der Waals surface area contributed by atoms with E-state index in [0.29, 0.717) is 0 Å². The molecule has 0 unspecified atom stereocenters. The van der Waals surface area contributed by atoms with Crippen molar-refractivity contribution in [2.24, 2.45) is 0 Å². The standard InChI is InChI=1S/C9H8N2O8S2/c1-20-5-2-6(10(14)15)9(7(3-5)11(16)17)21(18,19)4-8(12)13/h2-3H,4H2,1H3,(H,12,13). The third kappa shape index (κ3) is 3.66. The number of benzene rings is 1. The van der Waals surface area contributed by atoms with E-state index in [1.54, 1.807) is 0 Å². The Bertz CT molecular complexity index is 692. The van der Waals surface area contributed by atoms with Gasteiger partial charge >= 0.3 is 5.97 Å². The van der Waals surface area contributed by atoms with E-state index in [1.807, 2.05) is 0 Å². The first-order valence-electron chi connectivity index (χ1n) is 5.05. The van der Waals surface area contributed by atoms with Crippen molar-refractivity contribution in [2.75, 3.05) is 12.0 Å². The Kier molecular flexibility index (Phi) is 4.85. The van der Waals surface area contributed by atoms with E-state index in [1.165, 1.54) is 6.26 Å². The lowest BCUT2D eigenvalue weighted by Crippen LogP contribution is -2.18. The summed E-state index contributed by atoms with van der Waals surface area (Å²) < 4.78 is 23.8. The minimum atomic E-state index is -4.73. The highest BCUT2D eigenvalue weighted by Gasteiger charge is 2.37. The topological polar surface area (TPSA) is 158 Å². The Morgan fingerprint density at radius 2 is 1.67 bits per heavy atom. The summed E-state index contributed by atoms with van der Waals surface area (Å²) in [6.07, 6.45) is 1.49. The molecule has 114 valence electrons. The van der Waals surface area contributed by atoms with Crippen molar-refractivity contribution in [3.63, 3.8) is 0 Å². The molecule has 12 heteroatoms. The first kappa shape index (κ1) is 16.8. The summed E-state index contributed by atoms with van der Waals surface area (Å²) in [5.41, 5.74) is -2.04. The second kappa shape index (κ2) is 6.05. The Morgan fingerprint density at radius 1 is 1.24 bits per heavy atom. The maximum atomic E-state index is 11.9. The molecule has 0 saturated heterocycles. The van der Waals surface area contributed by atoms with Crippen LogP contribution in [-0.2, 0) is 14.6 Å². The van der Waals surface area contributed by atoms with Gasteiger partial charge in [0.15, 0.2) is 5.75 Å². The van der Waals surface area contributed by atoms with Gasteiger partial charge in [0.1, 0.15) is 0 Å². The van der Waals surface area contributed by atoms with Crippen LogP contribution in [0.5, 0.6) is 0 Å². The van der Waals surface area contributed by atoms with Crippen LogP contribution < -0.4 is 0 Å². The summed E-state index contributed by atoms with van der Waals surface area (Å²) in [5.74, 6) is -3.25. The van der Waals surface area contributed by atoms with Crippen LogP contribution >= 0.6 is 11.8 Å². The molecule has 10 nitrogen and oxygen atoms in total. The lowest BCUT2D eigenvalue weighted by molar-refractivity contribution is -0.400. The molecule has 0 bridgehead atoms. The predicted octanol–water partition coefficient (Wildman–Crippen LogP) is 1.08. The molecule has 0 radical (unpaired) electrons. The van der Waals surface area contributed by atoms with Gasteiger partial charge in [0.25, 0.3) is 11.4 Å².